The second kappa shape index (κ2) is 5.34. The van der Waals surface area contributed by atoms with Gasteiger partial charge in [-0.3, -0.25) is 0 Å². The zero-order valence-electron chi connectivity index (χ0n) is 11.2. The van der Waals surface area contributed by atoms with Gasteiger partial charge in [0.2, 0.25) is 0 Å². The van der Waals surface area contributed by atoms with Crippen molar-refractivity contribution in [3.05, 3.63) is 0 Å². The summed E-state index contributed by atoms with van der Waals surface area (Å²) in [5, 5.41) is 0. The topological polar surface area (TPSA) is 46.2 Å². The molecule has 0 aliphatic carbocycles. The third-order valence-electron chi connectivity index (χ3n) is 2.51. The summed E-state index contributed by atoms with van der Waals surface area (Å²) in [4.78, 5) is 0. The Labute approximate surface area is 115 Å². The lowest BCUT2D eigenvalue weighted by atomic mass is 9.97. The fourth-order valence-corrected chi connectivity index (χ4v) is 5.58. The van der Waals surface area contributed by atoms with E-state index in [1.165, 1.54) is 0 Å². The lowest BCUT2D eigenvalue weighted by Crippen LogP contribution is -2.31. The first kappa shape index (κ1) is 15.3. The Hall–Kier alpha value is 0.880. The molecule has 2 rings (SSSR count). The summed E-state index contributed by atoms with van der Waals surface area (Å²) in [6, 6.07) is 0. The lowest BCUT2D eigenvalue weighted by Gasteiger charge is -2.38. The van der Waals surface area contributed by atoms with E-state index in [0.29, 0.717) is 26.4 Å². The molecule has 18 heavy (non-hydrogen) atoms. The van der Waals surface area contributed by atoms with Gasteiger partial charge < -0.3 is 18.1 Å². The van der Waals surface area contributed by atoms with Gasteiger partial charge >= 0.3 is 15.3 Å². The Morgan fingerprint density at radius 2 is 1.39 bits per heavy atom. The molecule has 0 saturated carbocycles. The van der Waals surface area contributed by atoms with Crippen molar-refractivity contribution < 1.29 is 22.4 Å². The predicted molar refractivity (Wildman–Crippen MR) is 73.7 cm³/mol. The maximum atomic E-state index is 5.61. The van der Waals surface area contributed by atoms with Crippen LogP contribution >= 0.6 is 15.3 Å². The zero-order valence-corrected chi connectivity index (χ0v) is 13.8. The SMILES string of the molecule is CC1(C)COP(OP2(=S)OCC(C)(C)CO2)OC1. The lowest BCUT2D eigenvalue weighted by molar-refractivity contribution is 0.0176. The van der Waals surface area contributed by atoms with Gasteiger partial charge in [0.1, 0.15) is 0 Å². The normalized spacial score (nSPS) is 31.1. The molecule has 0 unspecified atom stereocenters. The van der Waals surface area contributed by atoms with Crippen molar-refractivity contribution in [1.29, 1.82) is 0 Å². The fraction of sp³-hybridized carbons (Fsp3) is 1.00. The third-order valence-corrected chi connectivity index (χ3v) is 6.65. The van der Waals surface area contributed by atoms with Crippen molar-refractivity contribution in [3.8, 4) is 0 Å². The van der Waals surface area contributed by atoms with Crippen molar-refractivity contribution in [2.45, 2.75) is 27.7 Å². The second-order valence-corrected chi connectivity index (χ2v) is 10.5. The minimum absolute atomic E-state index is 0.0187. The summed E-state index contributed by atoms with van der Waals surface area (Å²) in [5.41, 5.74) is 0.000721. The summed E-state index contributed by atoms with van der Waals surface area (Å²) in [5.74, 6) is 0. The molecule has 2 aliphatic heterocycles. The molecule has 0 amide bonds. The van der Waals surface area contributed by atoms with E-state index >= 15 is 0 Å². The molecule has 0 aromatic carbocycles. The minimum Gasteiger partial charge on any atom is -0.311 e. The fourth-order valence-electron chi connectivity index (χ4n) is 1.30. The van der Waals surface area contributed by atoms with Crippen LogP contribution in [0.25, 0.3) is 0 Å². The van der Waals surface area contributed by atoms with Crippen molar-refractivity contribution in [2.24, 2.45) is 10.8 Å². The maximum absolute atomic E-state index is 5.61. The molecule has 0 atom stereocenters. The molecule has 0 radical (unpaired) electrons. The van der Waals surface area contributed by atoms with Gasteiger partial charge in [0, 0.05) is 10.8 Å². The van der Waals surface area contributed by atoms with Gasteiger partial charge in [0.05, 0.1) is 26.4 Å². The molecule has 8 heteroatoms. The highest BCUT2D eigenvalue weighted by Gasteiger charge is 2.39. The molecule has 0 bridgehead atoms. The van der Waals surface area contributed by atoms with E-state index in [0.717, 1.165) is 0 Å². The van der Waals surface area contributed by atoms with Crippen LogP contribution < -0.4 is 0 Å². The van der Waals surface area contributed by atoms with Gasteiger partial charge in [0.15, 0.2) is 0 Å². The monoisotopic (exact) mass is 314 g/mol. The second-order valence-electron chi connectivity index (χ2n) is 6.17. The maximum Gasteiger partial charge on any atom is 0.340 e. The van der Waals surface area contributed by atoms with E-state index in [9.17, 15) is 0 Å². The van der Waals surface area contributed by atoms with Crippen LogP contribution in [-0.4, -0.2) is 26.4 Å². The van der Waals surface area contributed by atoms with Crippen LogP contribution in [0, 0.1) is 10.8 Å². The molecule has 2 aliphatic rings. The number of rotatable bonds is 2. The highest BCUT2D eigenvalue weighted by molar-refractivity contribution is 8.08. The number of hydrogen-bond donors (Lipinski definition) is 0. The third kappa shape index (κ3) is 4.19. The summed E-state index contributed by atoms with van der Waals surface area (Å²) in [6.45, 7) is 7.86. The Morgan fingerprint density at radius 1 is 0.944 bits per heavy atom. The van der Waals surface area contributed by atoms with Crippen molar-refractivity contribution in [1.82, 2.24) is 0 Å². The molecule has 0 aromatic heterocycles. The predicted octanol–water partition coefficient (Wildman–Crippen LogP) is 3.60. The largest absolute Gasteiger partial charge is 0.340 e. The van der Waals surface area contributed by atoms with Gasteiger partial charge in [-0.15, -0.1) is 0 Å². The smallest absolute Gasteiger partial charge is 0.311 e. The first-order valence-corrected chi connectivity index (χ1v) is 9.50. The van der Waals surface area contributed by atoms with Crippen LogP contribution in [0.5, 0.6) is 0 Å². The molecule has 0 aromatic rings. The van der Waals surface area contributed by atoms with Crippen LogP contribution in [0.2, 0.25) is 0 Å². The summed E-state index contributed by atoms with van der Waals surface area (Å²) in [7, 11) is -1.44. The summed E-state index contributed by atoms with van der Waals surface area (Å²) < 4.78 is 27.8. The first-order chi connectivity index (χ1) is 8.20. The molecule has 0 spiro atoms. The molecule has 5 nitrogen and oxygen atoms in total. The van der Waals surface area contributed by atoms with Gasteiger partial charge in [-0.2, -0.15) is 0 Å². The van der Waals surface area contributed by atoms with Crippen LogP contribution in [-0.2, 0) is 34.2 Å². The average molecular weight is 314 g/mol. The minimum atomic E-state index is -2.69. The van der Waals surface area contributed by atoms with Crippen molar-refractivity contribution in [2.75, 3.05) is 26.4 Å². The van der Waals surface area contributed by atoms with Gasteiger partial charge in [-0.1, -0.05) is 27.7 Å². The molecule has 106 valence electrons. The van der Waals surface area contributed by atoms with Gasteiger partial charge in [-0.05, 0) is 11.8 Å². The molecule has 2 saturated heterocycles. The van der Waals surface area contributed by atoms with E-state index in [-0.39, 0.29) is 10.8 Å². The van der Waals surface area contributed by atoms with Crippen molar-refractivity contribution >= 4 is 27.1 Å². The number of hydrogen-bond acceptors (Lipinski definition) is 6. The van der Waals surface area contributed by atoms with Crippen LogP contribution in [0.15, 0.2) is 0 Å². The Kier molecular flexibility index (Phi) is 4.53. The Bertz CT molecular complexity index is 336. The Balaban J connectivity index is 1.85. The quantitative estimate of drug-likeness (QED) is 0.726. The van der Waals surface area contributed by atoms with Crippen LogP contribution in [0.3, 0.4) is 0 Å². The van der Waals surface area contributed by atoms with E-state index < -0.39 is 15.3 Å². The van der Waals surface area contributed by atoms with E-state index in [1.54, 1.807) is 0 Å². The van der Waals surface area contributed by atoms with E-state index in [1.807, 2.05) is 0 Å². The molecule has 2 fully saturated rings. The summed E-state index contributed by atoms with van der Waals surface area (Å²) >= 11 is 5.29. The standard InChI is InChI=1S/C10H20O5P2S/c1-9(2)5-11-16(12-6-9)15-17(18)13-7-10(3,4)8-14-17/h5-8H2,1-4H3. The molecular formula is C10H20O5P2S. The highest BCUT2D eigenvalue weighted by atomic mass is 32.5. The Morgan fingerprint density at radius 3 is 1.89 bits per heavy atom. The highest BCUT2D eigenvalue weighted by Crippen LogP contribution is 2.65. The van der Waals surface area contributed by atoms with Crippen LogP contribution in [0.1, 0.15) is 27.7 Å². The zero-order chi connectivity index (χ0) is 13.4. The molecular weight excluding hydrogens is 294 g/mol. The average Bonchev–Trinajstić information content (AvgIpc) is 2.27. The summed E-state index contributed by atoms with van der Waals surface area (Å²) in [6.07, 6.45) is 0. The van der Waals surface area contributed by atoms with E-state index in [4.69, 9.17) is 34.2 Å². The van der Waals surface area contributed by atoms with Crippen molar-refractivity contribution in [3.63, 3.8) is 0 Å². The van der Waals surface area contributed by atoms with Crippen LogP contribution in [0.4, 0.5) is 0 Å². The van der Waals surface area contributed by atoms with Gasteiger partial charge in [-0.25, -0.2) is 4.31 Å². The first-order valence-electron chi connectivity index (χ1n) is 5.85. The molecule has 2 heterocycles. The van der Waals surface area contributed by atoms with Gasteiger partial charge in [0.25, 0.3) is 0 Å². The van der Waals surface area contributed by atoms with E-state index in [2.05, 4.69) is 27.7 Å². The molecule has 0 N–H and O–H groups in total.